The normalized spacial score (nSPS) is 19.5. The van der Waals surface area contributed by atoms with Crippen LogP contribution in [-0.2, 0) is 4.79 Å². The molecule has 3 aromatic rings. The van der Waals surface area contributed by atoms with Crippen LogP contribution in [0.3, 0.4) is 0 Å². The van der Waals surface area contributed by atoms with E-state index >= 15 is 0 Å². The van der Waals surface area contributed by atoms with Gasteiger partial charge >= 0.3 is 0 Å². The van der Waals surface area contributed by atoms with Crippen LogP contribution >= 0.6 is 11.3 Å². The monoisotopic (exact) mass is 383 g/mol. The molecule has 27 heavy (non-hydrogen) atoms. The zero-order valence-electron chi connectivity index (χ0n) is 14.4. The van der Waals surface area contributed by atoms with Crippen LogP contribution in [0, 0.1) is 0 Å². The van der Waals surface area contributed by atoms with Gasteiger partial charge in [0, 0.05) is 30.9 Å². The number of nitrogens with one attached hydrogen (secondary N) is 3. The van der Waals surface area contributed by atoms with E-state index < -0.39 is 12.2 Å². The van der Waals surface area contributed by atoms with E-state index in [0.717, 1.165) is 4.88 Å². The minimum absolute atomic E-state index is 0.0123. The molecule has 3 aromatic heterocycles. The number of rotatable bonds is 4. The maximum atomic E-state index is 12.5. The van der Waals surface area contributed by atoms with Crippen molar-refractivity contribution in [3.05, 3.63) is 47.9 Å². The third-order valence-corrected chi connectivity index (χ3v) is 4.92. The van der Waals surface area contributed by atoms with E-state index in [9.17, 15) is 9.59 Å². The lowest BCUT2D eigenvalue weighted by Crippen LogP contribution is -2.52. The molecule has 1 aliphatic heterocycles. The van der Waals surface area contributed by atoms with Gasteiger partial charge in [0.2, 0.25) is 5.91 Å². The third-order valence-electron chi connectivity index (χ3n) is 4.02. The molecular weight excluding hydrogens is 366 g/mol. The molecule has 1 saturated heterocycles. The third kappa shape index (κ3) is 3.71. The van der Waals surface area contributed by atoms with Crippen molar-refractivity contribution >= 4 is 29.0 Å². The highest BCUT2D eigenvalue weighted by Crippen LogP contribution is 2.28. The molecule has 1 fully saturated rings. The molecule has 9 nitrogen and oxygen atoms in total. The first kappa shape index (κ1) is 17.3. The van der Waals surface area contributed by atoms with Gasteiger partial charge in [-0.1, -0.05) is 6.07 Å². The van der Waals surface area contributed by atoms with Gasteiger partial charge in [0.05, 0.1) is 11.1 Å². The summed E-state index contributed by atoms with van der Waals surface area (Å²) in [5, 5.41) is 15.5. The van der Waals surface area contributed by atoms with Crippen molar-refractivity contribution in [2.45, 2.75) is 25.7 Å². The Morgan fingerprint density at radius 1 is 1.41 bits per heavy atom. The van der Waals surface area contributed by atoms with E-state index in [4.69, 9.17) is 0 Å². The Morgan fingerprint density at radius 3 is 3.00 bits per heavy atom. The number of carbonyl (C=O) groups excluding carboxylic acids is 2. The first-order valence-corrected chi connectivity index (χ1v) is 9.24. The standard InChI is InChI=1S/C17H17N7O2S/c1-10-7-15(25)22-17(20-10)24-14(8-11(23-24)13-3-2-6-27-13)21-16(26)12-9-18-4-5-19-12/h2-6,8-10,17,20H,7H2,1H3,(H,21,26)(H,22,25). The Hall–Kier alpha value is -3.11. The molecule has 0 aliphatic carbocycles. The molecular formula is C17H17N7O2S. The quantitative estimate of drug-likeness (QED) is 0.631. The Balaban J connectivity index is 1.68. The lowest BCUT2D eigenvalue weighted by molar-refractivity contribution is -0.125. The van der Waals surface area contributed by atoms with Crippen LogP contribution in [0.4, 0.5) is 5.82 Å². The minimum Gasteiger partial charge on any atom is -0.322 e. The number of carbonyl (C=O) groups is 2. The molecule has 0 bridgehead atoms. The van der Waals surface area contributed by atoms with E-state index in [-0.39, 0.29) is 17.6 Å². The first-order chi connectivity index (χ1) is 13.1. The van der Waals surface area contributed by atoms with Crippen LogP contribution in [0.2, 0.25) is 0 Å². The average molecular weight is 383 g/mol. The predicted octanol–water partition coefficient (Wildman–Crippen LogP) is 1.61. The number of aromatic nitrogens is 4. The maximum Gasteiger partial charge on any atom is 0.277 e. The summed E-state index contributed by atoms with van der Waals surface area (Å²) in [4.78, 5) is 33.3. The molecule has 0 aromatic carbocycles. The second-order valence-electron chi connectivity index (χ2n) is 6.12. The van der Waals surface area contributed by atoms with Crippen molar-refractivity contribution in [1.29, 1.82) is 0 Å². The molecule has 2 atom stereocenters. The van der Waals surface area contributed by atoms with Gasteiger partial charge in [-0.25, -0.2) is 9.67 Å². The van der Waals surface area contributed by atoms with Gasteiger partial charge in [-0.05, 0) is 18.4 Å². The van der Waals surface area contributed by atoms with Gasteiger partial charge in [-0.3, -0.25) is 19.9 Å². The number of nitrogens with zero attached hydrogens (tertiary/aromatic N) is 4. The SMILES string of the molecule is CC1CC(=O)NC(n2nc(-c3cccs3)cc2NC(=O)c2cnccn2)N1. The van der Waals surface area contributed by atoms with E-state index in [1.165, 1.54) is 18.6 Å². The summed E-state index contributed by atoms with van der Waals surface area (Å²) in [5.74, 6) is -0.0382. The highest BCUT2D eigenvalue weighted by molar-refractivity contribution is 7.13. The lowest BCUT2D eigenvalue weighted by atomic mass is 10.2. The predicted molar refractivity (Wildman–Crippen MR) is 99.9 cm³/mol. The van der Waals surface area contributed by atoms with E-state index in [0.29, 0.717) is 17.9 Å². The number of hydrogen-bond donors (Lipinski definition) is 3. The topological polar surface area (TPSA) is 114 Å². The minimum atomic E-state index is -0.563. The van der Waals surface area contributed by atoms with Crippen LogP contribution in [0.25, 0.3) is 10.6 Å². The summed E-state index contributed by atoms with van der Waals surface area (Å²) < 4.78 is 1.57. The molecule has 138 valence electrons. The van der Waals surface area contributed by atoms with E-state index in [1.807, 2.05) is 24.4 Å². The van der Waals surface area contributed by atoms with Crippen LogP contribution in [0.15, 0.2) is 42.2 Å². The summed E-state index contributed by atoms with van der Waals surface area (Å²) >= 11 is 1.54. The summed E-state index contributed by atoms with van der Waals surface area (Å²) in [6.45, 7) is 1.92. The van der Waals surface area contributed by atoms with Crippen LogP contribution < -0.4 is 16.0 Å². The highest BCUT2D eigenvalue weighted by Gasteiger charge is 2.27. The fraction of sp³-hybridized carbons (Fsp3) is 0.235. The molecule has 10 heteroatoms. The summed E-state index contributed by atoms with van der Waals surface area (Å²) in [6.07, 6.45) is 4.16. The van der Waals surface area contributed by atoms with Crippen LogP contribution in [-0.4, -0.2) is 37.6 Å². The van der Waals surface area contributed by atoms with Gasteiger partial charge < -0.3 is 10.6 Å². The molecule has 0 spiro atoms. The molecule has 4 heterocycles. The maximum absolute atomic E-state index is 12.5. The molecule has 0 radical (unpaired) electrons. The van der Waals surface area contributed by atoms with Gasteiger partial charge in [-0.15, -0.1) is 11.3 Å². The van der Waals surface area contributed by atoms with E-state index in [1.54, 1.807) is 22.1 Å². The van der Waals surface area contributed by atoms with Crippen LogP contribution in [0.5, 0.6) is 0 Å². The molecule has 4 rings (SSSR count). The number of thiophene rings is 1. The molecule has 2 unspecified atom stereocenters. The fourth-order valence-electron chi connectivity index (χ4n) is 2.82. The van der Waals surface area contributed by atoms with Gasteiger partial charge in [0.1, 0.15) is 17.2 Å². The number of anilines is 1. The largest absolute Gasteiger partial charge is 0.322 e. The Morgan fingerprint density at radius 2 is 2.30 bits per heavy atom. The van der Waals surface area contributed by atoms with Crippen molar-refractivity contribution in [2.24, 2.45) is 0 Å². The van der Waals surface area contributed by atoms with E-state index in [2.05, 4.69) is 31.0 Å². The zero-order chi connectivity index (χ0) is 18.8. The summed E-state index contributed by atoms with van der Waals surface area (Å²) in [6, 6.07) is 5.63. The van der Waals surface area contributed by atoms with Crippen LogP contribution in [0.1, 0.15) is 30.1 Å². The molecule has 0 saturated carbocycles. The second kappa shape index (κ2) is 7.25. The molecule has 3 N–H and O–H groups in total. The van der Waals surface area contributed by atoms with Gasteiger partial charge in [0.15, 0.2) is 6.29 Å². The Kier molecular flexibility index (Phi) is 4.65. The summed E-state index contributed by atoms with van der Waals surface area (Å²) in [5.41, 5.74) is 0.894. The number of hydrogen-bond acceptors (Lipinski definition) is 7. The Bertz CT molecular complexity index is 955. The van der Waals surface area contributed by atoms with Gasteiger partial charge in [0.25, 0.3) is 5.91 Å². The van der Waals surface area contributed by atoms with Gasteiger partial charge in [-0.2, -0.15) is 5.10 Å². The van der Waals surface area contributed by atoms with Crippen molar-refractivity contribution in [3.63, 3.8) is 0 Å². The second-order valence-corrected chi connectivity index (χ2v) is 7.07. The number of amides is 2. The molecule has 2 amide bonds. The Labute approximate surface area is 158 Å². The highest BCUT2D eigenvalue weighted by atomic mass is 32.1. The average Bonchev–Trinajstić information content (AvgIpc) is 3.31. The molecule has 1 aliphatic rings. The summed E-state index contributed by atoms with van der Waals surface area (Å²) in [7, 11) is 0. The smallest absolute Gasteiger partial charge is 0.277 e. The van der Waals surface area contributed by atoms with Crippen molar-refractivity contribution < 1.29 is 9.59 Å². The fourth-order valence-corrected chi connectivity index (χ4v) is 3.50. The van der Waals surface area contributed by atoms with Crippen molar-refractivity contribution in [2.75, 3.05) is 5.32 Å². The first-order valence-electron chi connectivity index (χ1n) is 8.36. The van der Waals surface area contributed by atoms with Crippen molar-refractivity contribution in [3.8, 4) is 10.6 Å². The van der Waals surface area contributed by atoms with Crippen molar-refractivity contribution in [1.82, 2.24) is 30.4 Å². The lowest BCUT2D eigenvalue weighted by Gasteiger charge is -2.30. The zero-order valence-corrected chi connectivity index (χ0v) is 15.2.